The van der Waals surface area contributed by atoms with Gasteiger partial charge in [-0.25, -0.2) is 13.8 Å². The van der Waals surface area contributed by atoms with Gasteiger partial charge in [-0.2, -0.15) is 31.3 Å². The van der Waals surface area contributed by atoms with Crippen LogP contribution in [-0.4, -0.2) is 57.6 Å². The topological polar surface area (TPSA) is 107 Å². The zero-order chi connectivity index (χ0) is 36.9. The summed E-state index contributed by atoms with van der Waals surface area (Å²) in [7, 11) is 1.43. The smallest absolute Gasteiger partial charge is 0.418 e. The second-order valence-electron chi connectivity index (χ2n) is 13.8. The average Bonchev–Trinajstić information content (AvgIpc) is 3.65. The number of imidazole rings is 1. The van der Waals surface area contributed by atoms with Crippen LogP contribution in [0.25, 0.3) is 11.2 Å². The Morgan fingerprint density at radius 2 is 1.80 bits per heavy atom. The molecule has 1 aromatic carbocycles. The first-order valence-corrected chi connectivity index (χ1v) is 16.7. The Kier molecular flexibility index (Phi) is 9.98. The van der Waals surface area contributed by atoms with Crippen LogP contribution >= 0.6 is 0 Å². The molecule has 51 heavy (non-hydrogen) atoms. The third-order valence-corrected chi connectivity index (χ3v) is 10.2. The number of rotatable bonds is 11. The van der Waals surface area contributed by atoms with Crippen LogP contribution in [0.15, 0.2) is 24.3 Å². The van der Waals surface area contributed by atoms with Gasteiger partial charge in [-0.05, 0) is 87.5 Å². The maximum absolute atomic E-state index is 14.1. The van der Waals surface area contributed by atoms with E-state index >= 15 is 0 Å². The summed E-state index contributed by atoms with van der Waals surface area (Å²) in [5, 5.41) is 5.38. The number of Topliss-reactive ketones (excluding diaryl/α,β-unsaturated/α-hetero) is 1. The number of nitrogens with zero attached hydrogens (tertiary/aromatic N) is 3. The van der Waals surface area contributed by atoms with Gasteiger partial charge in [0.2, 0.25) is 11.8 Å². The van der Waals surface area contributed by atoms with Crippen molar-refractivity contribution in [3.05, 3.63) is 41.0 Å². The summed E-state index contributed by atoms with van der Waals surface area (Å²) in [6.45, 7) is 0.905. The van der Waals surface area contributed by atoms with Crippen molar-refractivity contribution in [2.45, 2.75) is 82.8 Å². The number of hydrogen-bond acceptors (Lipinski definition) is 7. The lowest BCUT2D eigenvalue weighted by Gasteiger charge is -2.30. The molecule has 2 saturated carbocycles. The Bertz CT molecular complexity index is 1780. The number of aromatic nitrogens is 3. The number of amides is 1. The molecule has 2 aliphatic carbocycles. The number of carbonyl (C=O) groups excluding carboxylic acids is 2. The van der Waals surface area contributed by atoms with Gasteiger partial charge in [-0.15, -0.1) is 0 Å². The molecular formula is C34H37F8N5O4. The molecule has 2 N–H and O–H groups in total. The van der Waals surface area contributed by atoms with Crippen molar-refractivity contribution in [3.8, 4) is 5.88 Å². The van der Waals surface area contributed by atoms with Gasteiger partial charge in [-0.1, -0.05) is 6.07 Å². The first kappa shape index (κ1) is 36.8. The standard InChI is InChI=1S/C34H37F8N5O4/c1-32(10-3-11-51-32)30(49)43-15-17-4-9-23(34(40,41)42)24(12-17)44-31-45-25-14-22(29(50-16-26(35)36)46-28(25)47(31)2)27(48)21-13-20(21)18-5-7-19(8-6-18)33(37,38)39/h4,9,12,14,18-21,26H,3,5-8,10-11,13,15-16H2,1-2H3,(H,43,49)(H,44,45). The van der Waals surface area contributed by atoms with E-state index in [4.69, 9.17) is 9.47 Å². The highest BCUT2D eigenvalue weighted by Crippen LogP contribution is 2.53. The highest BCUT2D eigenvalue weighted by atomic mass is 19.4. The Morgan fingerprint density at radius 1 is 1.08 bits per heavy atom. The molecule has 0 spiro atoms. The first-order valence-electron chi connectivity index (χ1n) is 16.7. The van der Waals surface area contributed by atoms with Crippen molar-refractivity contribution in [2.75, 3.05) is 18.5 Å². The summed E-state index contributed by atoms with van der Waals surface area (Å²) in [6, 6.07) is 4.61. The van der Waals surface area contributed by atoms with Gasteiger partial charge in [0.1, 0.15) is 11.1 Å². The van der Waals surface area contributed by atoms with E-state index < -0.39 is 66.0 Å². The van der Waals surface area contributed by atoms with E-state index in [-0.39, 0.29) is 59.6 Å². The zero-order valence-electron chi connectivity index (χ0n) is 27.8. The number of nitrogens with one attached hydrogen (secondary N) is 2. The van der Waals surface area contributed by atoms with Gasteiger partial charge in [0.15, 0.2) is 18.0 Å². The van der Waals surface area contributed by atoms with E-state index in [0.29, 0.717) is 44.3 Å². The molecule has 17 heteroatoms. The number of ether oxygens (including phenoxy) is 2. The molecule has 3 fully saturated rings. The van der Waals surface area contributed by atoms with Crippen LogP contribution in [0.2, 0.25) is 0 Å². The predicted octanol–water partition coefficient (Wildman–Crippen LogP) is 7.75. The number of carbonyl (C=O) groups is 2. The normalized spacial score (nSPS) is 25.3. The van der Waals surface area contributed by atoms with Crippen LogP contribution in [0.4, 0.5) is 46.8 Å². The molecule has 1 aliphatic heterocycles. The number of fused-ring (bicyclic) bond motifs is 1. The van der Waals surface area contributed by atoms with Crippen molar-refractivity contribution in [2.24, 2.45) is 30.7 Å². The lowest BCUT2D eigenvalue weighted by atomic mass is 9.78. The van der Waals surface area contributed by atoms with Gasteiger partial charge in [-0.3, -0.25) is 14.2 Å². The average molecular weight is 732 g/mol. The molecule has 3 aromatic rings. The van der Waals surface area contributed by atoms with Crippen LogP contribution in [0.1, 0.15) is 73.4 Å². The molecule has 0 bridgehead atoms. The number of anilines is 2. The molecule has 3 unspecified atom stereocenters. The summed E-state index contributed by atoms with van der Waals surface area (Å²) in [6.07, 6.45) is -9.71. The van der Waals surface area contributed by atoms with Crippen molar-refractivity contribution < 1.29 is 54.2 Å². The Morgan fingerprint density at radius 3 is 2.43 bits per heavy atom. The Balaban J connectivity index is 1.25. The summed E-state index contributed by atoms with van der Waals surface area (Å²) in [4.78, 5) is 35.0. The molecule has 278 valence electrons. The lowest BCUT2D eigenvalue weighted by Crippen LogP contribution is -2.43. The maximum atomic E-state index is 14.1. The van der Waals surface area contributed by atoms with Crippen LogP contribution < -0.4 is 15.4 Å². The van der Waals surface area contributed by atoms with Crippen LogP contribution in [-0.2, 0) is 29.3 Å². The molecule has 1 amide bonds. The second kappa shape index (κ2) is 13.8. The molecular weight excluding hydrogens is 694 g/mol. The van der Waals surface area contributed by atoms with Crippen LogP contribution in [0, 0.1) is 23.7 Å². The summed E-state index contributed by atoms with van der Waals surface area (Å²) in [5.74, 6) is -3.57. The fourth-order valence-corrected chi connectivity index (χ4v) is 7.25. The minimum absolute atomic E-state index is 0.0203. The van der Waals surface area contributed by atoms with Crippen molar-refractivity contribution in [3.63, 3.8) is 0 Å². The number of hydrogen-bond donors (Lipinski definition) is 2. The minimum Gasteiger partial charge on any atom is -0.471 e. The monoisotopic (exact) mass is 731 g/mol. The Hall–Kier alpha value is -4.02. The molecule has 3 atom stereocenters. The molecule has 1 saturated heterocycles. The molecule has 9 nitrogen and oxygen atoms in total. The number of aryl methyl sites for hydroxylation is 1. The van der Waals surface area contributed by atoms with Gasteiger partial charge in [0.05, 0.1) is 22.7 Å². The highest BCUT2D eigenvalue weighted by molar-refractivity contribution is 6.03. The third-order valence-electron chi connectivity index (χ3n) is 10.2. The van der Waals surface area contributed by atoms with E-state index in [9.17, 15) is 44.7 Å². The molecule has 3 heterocycles. The fourth-order valence-electron chi connectivity index (χ4n) is 7.25. The maximum Gasteiger partial charge on any atom is 0.418 e. The number of halogens is 8. The van der Waals surface area contributed by atoms with E-state index in [1.165, 1.54) is 29.8 Å². The molecule has 2 aromatic heterocycles. The fraction of sp³-hybridized carbons (Fsp3) is 0.588. The highest BCUT2D eigenvalue weighted by Gasteiger charge is 2.51. The van der Waals surface area contributed by atoms with E-state index in [1.54, 1.807) is 6.92 Å². The van der Waals surface area contributed by atoms with Crippen LogP contribution in [0.5, 0.6) is 5.88 Å². The van der Waals surface area contributed by atoms with E-state index in [0.717, 1.165) is 6.07 Å². The summed E-state index contributed by atoms with van der Waals surface area (Å²) < 4.78 is 120. The third kappa shape index (κ3) is 7.92. The quantitative estimate of drug-likeness (QED) is 0.154. The Labute approximate surface area is 287 Å². The molecule has 0 radical (unpaired) electrons. The van der Waals surface area contributed by atoms with Gasteiger partial charge in [0, 0.05) is 26.1 Å². The summed E-state index contributed by atoms with van der Waals surface area (Å²) in [5.41, 5.74) is -2.14. The van der Waals surface area contributed by atoms with E-state index in [1.807, 2.05) is 0 Å². The van der Waals surface area contributed by atoms with Crippen LogP contribution in [0.3, 0.4) is 0 Å². The first-order chi connectivity index (χ1) is 23.9. The number of benzene rings is 1. The van der Waals surface area contributed by atoms with Gasteiger partial charge < -0.3 is 20.1 Å². The van der Waals surface area contributed by atoms with Gasteiger partial charge in [0.25, 0.3) is 12.3 Å². The van der Waals surface area contributed by atoms with Crippen molar-refractivity contribution in [1.82, 2.24) is 19.9 Å². The molecule has 3 aliphatic rings. The number of ketones is 1. The van der Waals surface area contributed by atoms with Gasteiger partial charge >= 0.3 is 12.4 Å². The minimum atomic E-state index is -4.78. The van der Waals surface area contributed by atoms with E-state index in [2.05, 4.69) is 20.6 Å². The largest absolute Gasteiger partial charge is 0.471 e. The summed E-state index contributed by atoms with van der Waals surface area (Å²) >= 11 is 0. The second-order valence-corrected chi connectivity index (χ2v) is 13.8. The number of pyridine rings is 1. The molecule has 6 rings (SSSR count). The van der Waals surface area contributed by atoms with Crippen molar-refractivity contribution >= 4 is 34.5 Å². The van der Waals surface area contributed by atoms with Crippen molar-refractivity contribution in [1.29, 1.82) is 0 Å². The predicted molar refractivity (Wildman–Crippen MR) is 168 cm³/mol. The number of alkyl halides is 8. The SMILES string of the molecule is Cn1c(Nc2cc(CNC(=O)C3(C)CCCO3)ccc2C(F)(F)F)nc2cc(C(=O)C3CC3C3CCC(C(F)(F)F)CC3)c(OCC(F)F)nc21. The lowest BCUT2D eigenvalue weighted by molar-refractivity contribution is -0.184. The zero-order valence-corrected chi connectivity index (χ0v) is 27.8.